The average molecular weight is 343 g/mol. The first kappa shape index (κ1) is 16.8. The molecule has 0 saturated heterocycles. The zero-order valence-electron chi connectivity index (χ0n) is 13.7. The predicted octanol–water partition coefficient (Wildman–Crippen LogP) is 2.63. The van der Waals surface area contributed by atoms with Crippen molar-refractivity contribution in [3.05, 3.63) is 47.8 Å². The summed E-state index contributed by atoms with van der Waals surface area (Å²) in [4.78, 5) is 20.5. The van der Waals surface area contributed by atoms with Gasteiger partial charge in [-0.1, -0.05) is 30.0 Å². The molecule has 1 N–H and O–H groups in total. The molecule has 0 bridgehead atoms. The highest BCUT2D eigenvalue weighted by Gasteiger charge is 2.18. The fourth-order valence-electron chi connectivity index (χ4n) is 2.67. The lowest BCUT2D eigenvalue weighted by atomic mass is 9.97. The number of fused-ring (bicyclic) bond motifs is 1. The number of aryl methyl sites for hydroxylation is 1. The molecule has 2 aromatic rings. The highest BCUT2D eigenvalue weighted by atomic mass is 32.2. The number of thioether (sulfide) groups is 1. The van der Waals surface area contributed by atoms with Gasteiger partial charge in [0.2, 0.25) is 5.91 Å². The first-order valence-corrected chi connectivity index (χ1v) is 9.09. The lowest BCUT2D eigenvalue weighted by Gasteiger charge is -2.14. The van der Waals surface area contributed by atoms with Crippen molar-refractivity contribution in [1.82, 2.24) is 15.3 Å². The minimum Gasteiger partial charge on any atom is -0.493 e. The molecule has 3 rings (SSSR count). The number of carbonyl (C=O) groups excluding carboxylic acids is 1. The van der Waals surface area contributed by atoms with E-state index in [1.54, 1.807) is 6.20 Å². The van der Waals surface area contributed by atoms with Crippen LogP contribution in [0.4, 0.5) is 0 Å². The molecular weight excluding hydrogens is 322 g/mol. The van der Waals surface area contributed by atoms with Crippen molar-refractivity contribution in [1.29, 1.82) is 0 Å². The van der Waals surface area contributed by atoms with Gasteiger partial charge in [0.25, 0.3) is 0 Å². The van der Waals surface area contributed by atoms with E-state index < -0.39 is 0 Å². The molecule has 1 atom stereocenters. The maximum atomic E-state index is 12.1. The highest BCUT2D eigenvalue weighted by Crippen LogP contribution is 2.26. The molecule has 1 amide bonds. The number of amides is 1. The number of carbonyl (C=O) groups is 1. The van der Waals surface area contributed by atoms with Gasteiger partial charge in [-0.3, -0.25) is 4.79 Å². The quantitative estimate of drug-likeness (QED) is 0.668. The lowest BCUT2D eigenvalue weighted by Crippen LogP contribution is -2.31. The maximum Gasteiger partial charge on any atom is 0.230 e. The third-order valence-corrected chi connectivity index (χ3v) is 4.82. The molecule has 0 fully saturated rings. The van der Waals surface area contributed by atoms with E-state index in [1.165, 1.54) is 17.3 Å². The summed E-state index contributed by atoms with van der Waals surface area (Å²) in [7, 11) is 0. The maximum absolute atomic E-state index is 12.1. The number of hydrogen-bond donors (Lipinski definition) is 1. The van der Waals surface area contributed by atoms with E-state index >= 15 is 0 Å². The van der Waals surface area contributed by atoms with Crippen LogP contribution in [0.1, 0.15) is 17.7 Å². The van der Waals surface area contributed by atoms with E-state index in [1.807, 2.05) is 31.2 Å². The number of rotatable bonds is 5. The molecule has 1 aliphatic heterocycles. The highest BCUT2D eigenvalue weighted by molar-refractivity contribution is 7.99. The summed E-state index contributed by atoms with van der Waals surface area (Å²) in [6.45, 7) is 3.28. The molecule has 24 heavy (non-hydrogen) atoms. The predicted molar refractivity (Wildman–Crippen MR) is 94.3 cm³/mol. The molecule has 0 radical (unpaired) electrons. The molecule has 1 aliphatic rings. The van der Waals surface area contributed by atoms with Gasteiger partial charge in [-0.25, -0.2) is 9.97 Å². The van der Waals surface area contributed by atoms with Crippen LogP contribution in [0.2, 0.25) is 0 Å². The van der Waals surface area contributed by atoms with Gasteiger partial charge in [0, 0.05) is 18.4 Å². The number of aromatic nitrogens is 2. The number of nitrogens with one attached hydrogen (secondary N) is 1. The topological polar surface area (TPSA) is 64.1 Å². The Kier molecular flexibility index (Phi) is 5.69. The number of hydrogen-bond acceptors (Lipinski definition) is 5. The molecule has 2 heterocycles. The van der Waals surface area contributed by atoms with Crippen LogP contribution in [0.15, 0.2) is 41.7 Å². The number of ether oxygens (including phenoxy) is 1. The summed E-state index contributed by atoms with van der Waals surface area (Å²) < 4.78 is 5.77. The largest absolute Gasteiger partial charge is 0.493 e. The Morgan fingerprint density at radius 3 is 3.12 bits per heavy atom. The Hall–Kier alpha value is -2.08. The minimum absolute atomic E-state index is 0.0172. The molecule has 1 aromatic heterocycles. The normalized spacial score (nSPS) is 16.6. The van der Waals surface area contributed by atoms with Crippen LogP contribution >= 0.6 is 11.8 Å². The third kappa shape index (κ3) is 4.71. The molecule has 1 unspecified atom stereocenters. The zero-order valence-corrected chi connectivity index (χ0v) is 14.5. The first-order valence-electron chi connectivity index (χ1n) is 8.10. The molecule has 126 valence electrons. The van der Waals surface area contributed by atoms with Gasteiger partial charge >= 0.3 is 0 Å². The van der Waals surface area contributed by atoms with E-state index in [9.17, 15) is 4.79 Å². The Morgan fingerprint density at radius 2 is 2.25 bits per heavy atom. The van der Waals surface area contributed by atoms with E-state index in [-0.39, 0.29) is 5.91 Å². The second-order valence-electron chi connectivity index (χ2n) is 5.89. The van der Waals surface area contributed by atoms with Crippen molar-refractivity contribution < 1.29 is 9.53 Å². The Balaban J connectivity index is 1.46. The lowest BCUT2D eigenvalue weighted by molar-refractivity contribution is -0.118. The third-order valence-electron chi connectivity index (χ3n) is 3.96. The van der Waals surface area contributed by atoms with Gasteiger partial charge in [-0.15, -0.1) is 0 Å². The molecule has 5 nitrogen and oxygen atoms in total. The Labute approximate surface area is 146 Å². The van der Waals surface area contributed by atoms with Crippen molar-refractivity contribution in [2.75, 3.05) is 18.9 Å². The van der Waals surface area contributed by atoms with Crippen molar-refractivity contribution in [3.8, 4) is 5.75 Å². The van der Waals surface area contributed by atoms with E-state index in [4.69, 9.17) is 4.74 Å². The van der Waals surface area contributed by atoms with Gasteiger partial charge in [0.1, 0.15) is 5.75 Å². The number of para-hydroxylation sites is 1. The second-order valence-corrected chi connectivity index (χ2v) is 6.83. The number of benzene rings is 1. The summed E-state index contributed by atoms with van der Waals surface area (Å²) >= 11 is 1.36. The van der Waals surface area contributed by atoms with Gasteiger partial charge in [-0.2, -0.15) is 0 Å². The standard InChI is InChI=1S/C18H21N3O2S/c1-13-6-8-19-18(21-13)24-12-17(22)20-11-14-7-9-23-16-5-3-2-4-15(16)10-14/h2-6,8,14H,7,9-12H2,1H3,(H,20,22). The van der Waals surface area contributed by atoms with E-state index in [0.29, 0.717) is 30.0 Å². The molecule has 6 heteroatoms. The van der Waals surface area contributed by atoms with Crippen LogP contribution in [0, 0.1) is 12.8 Å². The summed E-state index contributed by atoms with van der Waals surface area (Å²) in [5.41, 5.74) is 2.13. The van der Waals surface area contributed by atoms with Crippen LogP contribution in [-0.4, -0.2) is 34.8 Å². The van der Waals surface area contributed by atoms with Gasteiger partial charge in [-0.05, 0) is 43.4 Å². The van der Waals surface area contributed by atoms with Gasteiger partial charge in [0.15, 0.2) is 5.16 Å². The monoisotopic (exact) mass is 343 g/mol. The molecule has 0 aliphatic carbocycles. The average Bonchev–Trinajstić information content (AvgIpc) is 2.80. The van der Waals surface area contributed by atoms with E-state index in [0.717, 1.165) is 24.3 Å². The molecular formula is C18H21N3O2S. The van der Waals surface area contributed by atoms with Crippen molar-refractivity contribution in [2.45, 2.75) is 24.9 Å². The van der Waals surface area contributed by atoms with Crippen molar-refractivity contribution in [3.63, 3.8) is 0 Å². The molecule has 1 aromatic carbocycles. The van der Waals surface area contributed by atoms with Gasteiger partial charge < -0.3 is 10.1 Å². The minimum atomic E-state index is 0.0172. The van der Waals surface area contributed by atoms with Crippen LogP contribution < -0.4 is 10.1 Å². The summed E-state index contributed by atoms with van der Waals surface area (Å²) in [5.74, 6) is 1.73. The second kappa shape index (κ2) is 8.15. The molecule has 0 saturated carbocycles. The summed E-state index contributed by atoms with van der Waals surface area (Å²) in [6, 6.07) is 9.97. The first-order chi connectivity index (χ1) is 11.7. The SMILES string of the molecule is Cc1ccnc(SCC(=O)NCC2CCOc3ccccc3C2)n1. The van der Waals surface area contributed by atoms with Crippen LogP contribution in [-0.2, 0) is 11.2 Å². The summed E-state index contributed by atoms with van der Waals surface area (Å²) in [6.07, 6.45) is 3.60. The summed E-state index contributed by atoms with van der Waals surface area (Å²) in [5, 5.41) is 3.67. The van der Waals surface area contributed by atoms with E-state index in [2.05, 4.69) is 21.4 Å². The smallest absolute Gasteiger partial charge is 0.230 e. The van der Waals surface area contributed by atoms with Crippen molar-refractivity contribution in [2.24, 2.45) is 5.92 Å². The van der Waals surface area contributed by atoms with Gasteiger partial charge in [0.05, 0.1) is 12.4 Å². The van der Waals surface area contributed by atoms with Crippen LogP contribution in [0.5, 0.6) is 5.75 Å². The van der Waals surface area contributed by atoms with Crippen LogP contribution in [0.3, 0.4) is 0 Å². The fourth-order valence-corrected chi connectivity index (χ4v) is 3.38. The zero-order chi connectivity index (χ0) is 16.8. The molecule has 0 spiro atoms. The van der Waals surface area contributed by atoms with Crippen molar-refractivity contribution >= 4 is 17.7 Å². The Morgan fingerprint density at radius 1 is 1.38 bits per heavy atom. The van der Waals surface area contributed by atoms with Crippen LogP contribution in [0.25, 0.3) is 0 Å². The fraction of sp³-hybridized carbons (Fsp3) is 0.389. The number of nitrogens with zero attached hydrogens (tertiary/aromatic N) is 2. The Bertz CT molecular complexity index is 708.